The number of amides is 1. The molecule has 35 heavy (non-hydrogen) atoms. The summed E-state index contributed by atoms with van der Waals surface area (Å²) in [5.74, 6) is 2.34. The maximum atomic E-state index is 11.0. The molecule has 0 aliphatic heterocycles. The van der Waals surface area contributed by atoms with Gasteiger partial charge in [0.25, 0.3) is 0 Å². The van der Waals surface area contributed by atoms with Gasteiger partial charge in [0.1, 0.15) is 17.4 Å². The molecule has 5 aromatic rings. The molecule has 0 aliphatic rings. The Kier molecular flexibility index (Phi) is 6.57. The van der Waals surface area contributed by atoms with Crippen LogP contribution < -0.4 is 10.5 Å². The summed E-state index contributed by atoms with van der Waals surface area (Å²) in [7, 11) is 0. The number of aromatic nitrogens is 4. The second-order valence-electron chi connectivity index (χ2n) is 8.53. The van der Waals surface area contributed by atoms with E-state index in [2.05, 4.69) is 68.4 Å². The van der Waals surface area contributed by atoms with Gasteiger partial charge in [-0.3, -0.25) is 0 Å². The summed E-state index contributed by atoms with van der Waals surface area (Å²) >= 11 is 0. The number of aryl methyl sites for hydroxylation is 4. The van der Waals surface area contributed by atoms with Crippen molar-refractivity contribution in [1.29, 1.82) is 0 Å². The Morgan fingerprint density at radius 2 is 1.49 bits per heavy atom. The summed E-state index contributed by atoms with van der Waals surface area (Å²) < 4.78 is 7.17. The van der Waals surface area contributed by atoms with Crippen LogP contribution >= 0.6 is 0 Å². The van der Waals surface area contributed by atoms with E-state index in [1.165, 1.54) is 16.5 Å². The number of H-pyrrole nitrogens is 1. The van der Waals surface area contributed by atoms with E-state index >= 15 is 0 Å². The van der Waals surface area contributed by atoms with E-state index in [9.17, 15) is 4.79 Å². The second-order valence-corrected chi connectivity index (χ2v) is 8.53. The highest BCUT2D eigenvalue weighted by Crippen LogP contribution is 2.21. The number of hydrogen-bond donors (Lipinski definition) is 2. The van der Waals surface area contributed by atoms with Gasteiger partial charge >= 0.3 is 6.09 Å². The van der Waals surface area contributed by atoms with Gasteiger partial charge in [-0.15, -0.1) is 10.2 Å². The van der Waals surface area contributed by atoms with Crippen LogP contribution in [0.5, 0.6) is 5.75 Å². The second kappa shape index (κ2) is 10.3. The maximum Gasteiger partial charge on any atom is 0.409 e. The molecular weight excluding hydrogens is 438 g/mol. The Labute approximate surface area is 203 Å². The fraction of sp³-hybridized carbons (Fsp3) is 0.179. The van der Waals surface area contributed by atoms with Gasteiger partial charge in [0.05, 0.1) is 6.54 Å². The number of primary amides is 1. The predicted octanol–water partition coefficient (Wildman–Crippen LogP) is 4.84. The van der Waals surface area contributed by atoms with Gasteiger partial charge in [0.2, 0.25) is 0 Å². The number of hydrogen-bond acceptors (Lipinski definition) is 4. The van der Waals surface area contributed by atoms with Crippen molar-refractivity contribution in [1.82, 2.24) is 19.7 Å². The van der Waals surface area contributed by atoms with Gasteiger partial charge in [-0.1, -0.05) is 60.7 Å². The zero-order valence-electron chi connectivity index (χ0n) is 19.4. The number of rotatable bonds is 9. The van der Waals surface area contributed by atoms with Crippen molar-refractivity contribution < 1.29 is 9.53 Å². The van der Waals surface area contributed by atoms with Crippen molar-refractivity contribution in [2.24, 2.45) is 5.73 Å². The van der Waals surface area contributed by atoms with Gasteiger partial charge in [-0.05, 0) is 47.7 Å². The summed E-state index contributed by atoms with van der Waals surface area (Å²) in [5, 5.41) is 10.4. The van der Waals surface area contributed by atoms with Crippen LogP contribution in [-0.4, -0.2) is 25.8 Å². The number of nitrogens with two attached hydrogens (primary N) is 1. The molecule has 5 rings (SSSR count). The highest BCUT2D eigenvalue weighted by molar-refractivity contribution is 5.83. The van der Waals surface area contributed by atoms with Gasteiger partial charge in [-0.25, -0.2) is 4.79 Å². The van der Waals surface area contributed by atoms with Crippen molar-refractivity contribution >= 4 is 17.0 Å². The molecule has 2 heterocycles. The van der Waals surface area contributed by atoms with E-state index in [-0.39, 0.29) is 0 Å². The van der Waals surface area contributed by atoms with Crippen LogP contribution in [-0.2, 0) is 32.2 Å². The fourth-order valence-electron chi connectivity index (χ4n) is 4.37. The van der Waals surface area contributed by atoms with E-state index in [1.54, 1.807) is 12.1 Å². The molecule has 1 amide bonds. The first-order valence-electron chi connectivity index (χ1n) is 11.7. The zero-order valence-corrected chi connectivity index (χ0v) is 19.4. The van der Waals surface area contributed by atoms with Crippen LogP contribution in [0.25, 0.3) is 10.9 Å². The molecule has 0 saturated carbocycles. The van der Waals surface area contributed by atoms with Gasteiger partial charge in [0, 0.05) is 29.9 Å². The van der Waals surface area contributed by atoms with Crippen molar-refractivity contribution in [2.45, 2.75) is 32.2 Å². The number of aromatic amines is 1. The molecule has 176 valence electrons. The Balaban J connectivity index is 1.37. The first kappa shape index (κ1) is 22.4. The molecule has 0 aliphatic carbocycles. The lowest BCUT2D eigenvalue weighted by Gasteiger charge is -2.12. The molecule has 7 nitrogen and oxygen atoms in total. The van der Waals surface area contributed by atoms with E-state index in [4.69, 9.17) is 10.5 Å². The highest BCUT2D eigenvalue weighted by atomic mass is 16.5. The monoisotopic (exact) mass is 465 g/mol. The van der Waals surface area contributed by atoms with Gasteiger partial charge in [-0.2, -0.15) is 0 Å². The highest BCUT2D eigenvalue weighted by Gasteiger charge is 2.14. The SMILES string of the molecule is NC(=O)Oc1ccc(Cn2c(CCc3ccccc3)nnc2CCc2c[nH]c3ccccc23)cc1. The van der Waals surface area contributed by atoms with Crippen molar-refractivity contribution in [2.75, 3.05) is 0 Å². The number of carbonyl (C=O) groups excluding carboxylic acids is 1. The predicted molar refractivity (Wildman–Crippen MR) is 135 cm³/mol. The number of benzene rings is 3. The number of nitrogens with zero attached hydrogens (tertiary/aromatic N) is 3. The lowest BCUT2D eigenvalue weighted by atomic mass is 10.1. The first-order chi connectivity index (χ1) is 17.2. The molecule has 2 aromatic heterocycles. The Bertz CT molecular complexity index is 1420. The van der Waals surface area contributed by atoms with E-state index in [1.807, 2.05) is 24.3 Å². The molecule has 0 saturated heterocycles. The van der Waals surface area contributed by atoms with Crippen LogP contribution in [0.1, 0.15) is 28.3 Å². The lowest BCUT2D eigenvalue weighted by molar-refractivity contribution is 0.211. The van der Waals surface area contributed by atoms with Crippen LogP contribution in [0.2, 0.25) is 0 Å². The Hall–Kier alpha value is -4.39. The number of carbonyl (C=O) groups is 1. The number of ether oxygens (including phenoxy) is 1. The maximum absolute atomic E-state index is 11.0. The summed E-state index contributed by atoms with van der Waals surface area (Å²) in [5.41, 5.74) is 9.87. The van der Waals surface area contributed by atoms with Crippen LogP contribution in [0, 0.1) is 0 Å². The smallest absolute Gasteiger partial charge is 0.409 e. The van der Waals surface area contributed by atoms with Crippen molar-refractivity contribution in [3.05, 3.63) is 113 Å². The third kappa shape index (κ3) is 5.41. The van der Waals surface area contributed by atoms with E-state index in [0.29, 0.717) is 12.3 Å². The van der Waals surface area contributed by atoms with Crippen LogP contribution in [0.15, 0.2) is 85.1 Å². The number of fused-ring (bicyclic) bond motifs is 1. The molecule has 0 spiro atoms. The Morgan fingerprint density at radius 1 is 0.800 bits per heavy atom. The zero-order chi connectivity index (χ0) is 24.0. The third-order valence-electron chi connectivity index (χ3n) is 6.16. The molecule has 0 unspecified atom stereocenters. The summed E-state index contributed by atoms with van der Waals surface area (Å²) in [6, 6.07) is 26.1. The molecule has 3 N–H and O–H groups in total. The topological polar surface area (TPSA) is 98.8 Å². The van der Waals surface area contributed by atoms with E-state index < -0.39 is 6.09 Å². The normalized spacial score (nSPS) is 11.1. The Morgan fingerprint density at radius 3 is 2.23 bits per heavy atom. The minimum atomic E-state index is -0.820. The minimum absolute atomic E-state index is 0.425. The molecule has 7 heteroatoms. The van der Waals surface area contributed by atoms with Crippen molar-refractivity contribution in [3.8, 4) is 5.75 Å². The average Bonchev–Trinajstić information content (AvgIpc) is 3.46. The summed E-state index contributed by atoms with van der Waals surface area (Å²) in [6.07, 6.45) is 4.60. The molecule has 3 aromatic carbocycles. The lowest BCUT2D eigenvalue weighted by Crippen LogP contribution is -2.16. The molecule has 0 radical (unpaired) electrons. The molecule has 0 bridgehead atoms. The average molecular weight is 466 g/mol. The fourth-order valence-corrected chi connectivity index (χ4v) is 4.37. The van der Waals surface area contributed by atoms with Crippen molar-refractivity contribution in [3.63, 3.8) is 0 Å². The van der Waals surface area contributed by atoms with Gasteiger partial charge in [0.15, 0.2) is 0 Å². The number of nitrogens with one attached hydrogen (secondary N) is 1. The summed E-state index contributed by atoms with van der Waals surface area (Å²) in [6.45, 7) is 0.636. The molecular formula is C28H27N5O2. The molecule has 0 atom stereocenters. The van der Waals surface area contributed by atoms with Crippen LogP contribution in [0.4, 0.5) is 4.79 Å². The molecule has 0 fully saturated rings. The van der Waals surface area contributed by atoms with Gasteiger partial charge < -0.3 is 20.0 Å². The first-order valence-corrected chi connectivity index (χ1v) is 11.7. The quantitative estimate of drug-likeness (QED) is 0.326. The third-order valence-corrected chi connectivity index (χ3v) is 6.16. The number of para-hydroxylation sites is 1. The minimum Gasteiger partial charge on any atom is -0.411 e. The van der Waals surface area contributed by atoms with E-state index in [0.717, 1.165) is 48.4 Å². The largest absolute Gasteiger partial charge is 0.411 e. The van der Waals surface area contributed by atoms with Crippen LogP contribution in [0.3, 0.4) is 0 Å². The summed E-state index contributed by atoms with van der Waals surface area (Å²) in [4.78, 5) is 14.4. The standard InChI is InChI=1S/C28H27N5O2/c29-28(34)35-23-14-10-21(11-15-23)19-33-26(16-12-20-6-2-1-3-7-20)31-32-27(33)17-13-22-18-30-25-9-5-4-8-24(22)25/h1-11,14-15,18,30H,12-13,16-17,19H2,(H2,29,34).